The van der Waals surface area contributed by atoms with Crippen LogP contribution in [-0.2, 0) is 10.0 Å². The molecule has 0 bridgehead atoms. The molecule has 3 N–H and O–H groups in total. The molecule has 1 fully saturated rings. The van der Waals surface area contributed by atoms with Crippen LogP contribution in [-0.4, -0.2) is 33.6 Å². The van der Waals surface area contributed by atoms with Crippen molar-refractivity contribution < 1.29 is 8.42 Å². The predicted molar refractivity (Wildman–Crippen MR) is 85.9 cm³/mol. The van der Waals surface area contributed by atoms with E-state index in [1.807, 2.05) is 19.1 Å². The highest BCUT2D eigenvalue weighted by Gasteiger charge is 2.41. The zero-order valence-corrected chi connectivity index (χ0v) is 13.8. The molecule has 0 spiro atoms. The summed E-state index contributed by atoms with van der Waals surface area (Å²) in [7, 11) is -3.38. The van der Waals surface area contributed by atoms with Crippen LogP contribution in [0.15, 0.2) is 29.2 Å². The first kappa shape index (κ1) is 16.3. The highest BCUT2D eigenvalue weighted by molar-refractivity contribution is 7.89. The lowest BCUT2D eigenvalue weighted by Gasteiger charge is -2.51. The lowest BCUT2D eigenvalue weighted by molar-refractivity contribution is 0.245. The van der Waals surface area contributed by atoms with E-state index in [4.69, 9.17) is 5.73 Å². The third-order valence-electron chi connectivity index (χ3n) is 4.17. The van der Waals surface area contributed by atoms with Gasteiger partial charge in [-0.2, -0.15) is 0 Å². The Morgan fingerprint density at radius 1 is 1.29 bits per heavy atom. The van der Waals surface area contributed by atoms with E-state index >= 15 is 0 Å². The molecule has 0 unspecified atom stereocenters. The fourth-order valence-corrected chi connectivity index (χ4v) is 3.50. The van der Waals surface area contributed by atoms with Crippen LogP contribution in [0.4, 0.5) is 5.69 Å². The average molecular weight is 311 g/mol. The van der Waals surface area contributed by atoms with Crippen LogP contribution in [0.2, 0.25) is 0 Å². The maximum absolute atomic E-state index is 12.0. The van der Waals surface area contributed by atoms with Gasteiger partial charge in [-0.1, -0.05) is 20.8 Å². The highest BCUT2D eigenvalue weighted by Crippen LogP contribution is 2.31. The second-order valence-electron chi connectivity index (χ2n) is 6.14. The van der Waals surface area contributed by atoms with E-state index in [2.05, 4.69) is 23.5 Å². The van der Waals surface area contributed by atoms with Crippen molar-refractivity contribution in [2.45, 2.75) is 37.6 Å². The minimum absolute atomic E-state index is 0.132. The normalized spacial score (nSPS) is 17.9. The molecule has 0 radical (unpaired) electrons. The second-order valence-corrected chi connectivity index (χ2v) is 7.90. The van der Waals surface area contributed by atoms with Gasteiger partial charge >= 0.3 is 0 Å². The van der Waals surface area contributed by atoms with Crippen molar-refractivity contribution in [1.82, 2.24) is 4.72 Å². The highest BCUT2D eigenvalue weighted by atomic mass is 32.2. The van der Waals surface area contributed by atoms with Crippen LogP contribution in [0, 0.1) is 5.92 Å². The Morgan fingerprint density at radius 3 is 2.33 bits per heavy atom. The van der Waals surface area contributed by atoms with Gasteiger partial charge in [-0.25, -0.2) is 13.1 Å². The molecule has 1 aromatic carbocycles. The summed E-state index contributed by atoms with van der Waals surface area (Å²) in [6.07, 6.45) is 0.777. The number of nitrogens with two attached hydrogens (primary N) is 1. The number of anilines is 1. The minimum Gasteiger partial charge on any atom is -0.368 e. The smallest absolute Gasteiger partial charge is 0.240 e. The average Bonchev–Trinajstić information content (AvgIpc) is 2.41. The second kappa shape index (κ2) is 5.94. The molecular weight excluding hydrogens is 286 g/mol. The van der Waals surface area contributed by atoms with E-state index in [-0.39, 0.29) is 5.54 Å². The van der Waals surface area contributed by atoms with Gasteiger partial charge in [-0.15, -0.1) is 0 Å². The van der Waals surface area contributed by atoms with Gasteiger partial charge in [0.1, 0.15) is 0 Å². The standard InChI is InChI=1S/C15H25N3O2S/c1-4-9-17-21(19,20)14-7-5-13(6-8-14)18-10-15(16,11-18)12(2)3/h5-8,12,17H,4,9-11,16H2,1-3H3. The number of rotatable bonds is 6. The van der Waals surface area contributed by atoms with E-state index in [1.54, 1.807) is 12.1 Å². The van der Waals surface area contributed by atoms with E-state index in [1.165, 1.54) is 0 Å². The lowest BCUT2D eigenvalue weighted by Crippen LogP contribution is -2.70. The van der Waals surface area contributed by atoms with Crippen LogP contribution in [0.1, 0.15) is 27.2 Å². The topological polar surface area (TPSA) is 75.4 Å². The van der Waals surface area contributed by atoms with Crippen molar-refractivity contribution in [3.05, 3.63) is 24.3 Å². The van der Waals surface area contributed by atoms with Crippen molar-refractivity contribution in [3.63, 3.8) is 0 Å². The first-order valence-electron chi connectivity index (χ1n) is 7.42. The molecule has 0 atom stereocenters. The maximum atomic E-state index is 12.0. The van der Waals surface area contributed by atoms with Crippen LogP contribution in [0.3, 0.4) is 0 Å². The molecule has 6 heteroatoms. The summed E-state index contributed by atoms with van der Waals surface area (Å²) in [5, 5.41) is 0. The number of nitrogens with one attached hydrogen (secondary N) is 1. The molecule has 0 aliphatic carbocycles. The fraction of sp³-hybridized carbons (Fsp3) is 0.600. The Morgan fingerprint density at radius 2 is 1.86 bits per heavy atom. The third kappa shape index (κ3) is 3.39. The zero-order chi connectivity index (χ0) is 15.7. The Hall–Kier alpha value is -1.11. The van der Waals surface area contributed by atoms with Crippen LogP contribution in [0.5, 0.6) is 0 Å². The molecule has 1 aromatic rings. The minimum atomic E-state index is -3.38. The fourth-order valence-electron chi connectivity index (χ4n) is 2.37. The van der Waals surface area contributed by atoms with Crippen LogP contribution >= 0.6 is 0 Å². The SMILES string of the molecule is CCCNS(=O)(=O)c1ccc(N2CC(N)(C(C)C)C2)cc1. The van der Waals surface area contributed by atoms with Crippen LogP contribution < -0.4 is 15.4 Å². The first-order valence-corrected chi connectivity index (χ1v) is 8.90. The van der Waals surface area contributed by atoms with Crippen molar-refractivity contribution in [1.29, 1.82) is 0 Å². The quantitative estimate of drug-likeness (QED) is 0.836. The van der Waals surface area contributed by atoms with E-state index in [0.29, 0.717) is 17.4 Å². The third-order valence-corrected chi connectivity index (χ3v) is 5.65. The van der Waals surface area contributed by atoms with Gasteiger partial charge in [0.15, 0.2) is 0 Å². The summed E-state index contributed by atoms with van der Waals surface area (Å²) in [4.78, 5) is 2.48. The Balaban J connectivity index is 2.04. The van der Waals surface area contributed by atoms with Gasteiger partial charge in [-0.05, 0) is 36.6 Å². The van der Waals surface area contributed by atoms with Crippen molar-refractivity contribution >= 4 is 15.7 Å². The van der Waals surface area contributed by atoms with Gasteiger partial charge in [-0.3, -0.25) is 0 Å². The number of benzene rings is 1. The summed E-state index contributed by atoms with van der Waals surface area (Å²) in [5.41, 5.74) is 7.17. The van der Waals surface area contributed by atoms with E-state index < -0.39 is 10.0 Å². The lowest BCUT2D eigenvalue weighted by atomic mass is 9.80. The zero-order valence-electron chi connectivity index (χ0n) is 13.0. The van der Waals surface area contributed by atoms with E-state index in [9.17, 15) is 8.42 Å². The molecule has 1 aliphatic rings. The van der Waals surface area contributed by atoms with Gasteiger partial charge in [0.2, 0.25) is 10.0 Å². The summed E-state index contributed by atoms with van der Waals surface area (Å²) < 4.78 is 26.6. The van der Waals surface area contributed by atoms with E-state index in [0.717, 1.165) is 25.2 Å². The van der Waals surface area contributed by atoms with Gasteiger partial charge < -0.3 is 10.6 Å². The van der Waals surface area contributed by atoms with Gasteiger partial charge in [0.25, 0.3) is 0 Å². The molecule has 0 saturated carbocycles. The molecule has 5 nitrogen and oxygen atoms in total. The largest absolute Gasteiger partial charge is 0.368 e. The maximum Gasteiger partial charge on any atom is 0.240 e. The van der Waals surface area contributed by atoms with Crippen molar-refractivity contribution in [3.8, 4) is 0 Å². The number of hydrogen-bond donors (Lipinski definition) is 2. The number of hydrogen-bond acceptors (Lipinski definition) is 4. The molecule has 118 valence electrons. The van der Waals surface area contributed by atoms with Crippen molar-refractivity contribution in [2.75, 3.05) is 24.5 Å². The summed E-state index contributed by atoms with van der Waals surface area (Å²) >= 11 is 0. The number of nitrogens with zero attached hydrogens (tertiary/aromatic N) is 1. The molecule has 1 heterocycles. The predicted octanol–water partition coefficient (Wildman–Crippen LogP) is 1.55. The molecule has 0 amide bonds. The molecule has 1 aliphatic heterocycles. The van der Waals surface area contributed by atoms with Gasteiger partial charge in [0, 0.05) is 25.3 Å². The summed E-state index contributed by atoms with van der Waals surface area (Å²) in [5.74, 6) is 0.437. The Kier molecular flexibility index (Phi) is 4.60. The van der Waals surface area contributed by atoms with Gasteiger partial charge in [0.05, 0.1) is 10.4 Å². The Labute approximate surface area is 127 Å². The first-order chi connectivity index (χ1) is 9.78. The molecule has 21 heavy (non-hydrogen) atoms. The summed E-state index contributed by atoms with van der Waals surface area (Å²) in [6, 6.07) is 7.00. The molecular formula is C15H25N3O2S. The Bertz CT molecular complexity index is 575. The molecule has 1 saturated heterocycles. The molecule has 0 aromatic heterocycles. The monoisotopic (exact) mass is 311 g/mol. The number of sulfonamides is 1. The summed E-state index contributed by atoms with van der Waals surface area (Å²) in [6.45, 7) is 8.28. The van der Waals surface area contributed by atoms with Crippen LogP contribution in [0.25, 0.3) is 0 Å². The molecule has 2 rings (SSSR count). The van der Waals surface area contributed by atoms with Crippen molar-refractivity contribution in [2.24, 2.45) is 11.7 Å².